The van der Waals surface area contributed by atoms with Crippen molar-refractivity contribution in [1.82, 2.24) is 4.72 Å². The molecule has 0 aromatic rings. The van der Waals surface area contributed by atoms with Gasteiger partial charge in [0.2, 0.25) is 15.9 Å². The normalized spacial score (nSPS) is 29.7. The van der Waals surface area contributed by atoms with Crippen molar-refractivity contribution < 1.29 is 13.2 Å². The van der Waals surface area contributed by atoms with Gasteiger partial charge in [-0.25, -0.2) is 8.42 Å². The minimum absolute atomic E-state index is 0.170. The van der Waals surface area contributed by atoms with Crippen LogP contribution in [0.5, 0.6) is 0 Å². The van der Waals surface area contributed by atoms with Crippen LogP contribution >= 0.6 is 0 Å². The Morgan fingerprint density at radius 3 is 2.33 bits per heavy atom. The molecule has 0 aromatic carbocycles. The monoisotopic (exact) mass is 229 g/mol. The summed E-state index contributed by atoms with van der Waals surface area (Å²) in [5.74, 6) is -0.342. The Kier molecular flexibility index (Phi) is 2.37. The van der Waals surface area contributed by atoms with E-state index in [1.807, 2.05) is 6.92 Å². The first-order valence-corrected chi connectivity index (χ1v) is 6.67. The molecule has 0 aliphatic heterocycles. The molecule has 2 unspecified atom stereocenters. The SMILES string of the molecule is C=C(C)C1CC1C(=O)NS(=O)(=O)C1CC1. The Morgan fingerprint density at radius 2 is 1.93 bits per heavy atom. The van der Waals surface area contributed by atoms with Crippen LogP contribution in [0, 0.1) is 11.8 Å². The molecule has 15 heavy (non-hydrogen) atoms. The van der Waals surface area contributed by atoms with Gasteiger partial charge in [-0.15, -0.1) is 0 Å². The summed E-state index contributed by atoms with van der Waals surface area (Å²) in [6.07, 6.45) is 2.09. The van der Waals surface area contributed by atoms with Gasteiger partial charge in [0.25, 0.3) is 0 Å². The van der Waals surface area contributed by atoms with Crippen molar-refractivity contribution in [3.05, 3.63) is 12.2 Å². The summed E-state index contributed by atoms with van der Waals surface area (Å²) in [6, 6.07) is 0. The minimum Gasteiger partial charge on any atom is -0.274 e. The van der Waals surface area contributed by atoms with E-state index in [9.17, 15) is 13.2 Å². The van der Waals surface area contributed by atoms with Crippen LogP contribution in [0.4, 0.5) is 0 Å². The summed E-state index contributed by atoms with van der Waals surface area (Å²) < 4.78 is 25.1. The zero-order chi connectivity index (χ0) is 11.2. The second-order valence-electron chi connectivity index (χ2n) is 4.51. The van der Waals surface area contributed by atoms with Gasteiger partial charge >= 0.3 is 0 Å². The van der Waals surface area contributed by atoms with Crippen molar-refractivity contribution >= 4 is 15.9 Å². The smallest absolute Gasteiger partial charge is 0.237 e. The van der Waals surface area contributed by atoms with Crippen LogP contribution < -0.4 is 4.72 Å². The lowest BCUT2D eigenvalue weighted by molar-refractivity contribution is -0.120. The number of amides is 1. The summed E-state index contributed by atoms with van der Waals surface area (Å²) in [6.45, 7) is 5.63. The van der Waals surface area contributed by atoms with Gasteiger partial charge in [0.05, 0.1) is 5.25 Å². The van der Waals surface area contributed by atoms with E-state index in [2.05, 4.69) is 11.3 Å². The van der Waals surface area contributed by atoms with E-state index >= 15 is 0 Å². The highest BCUT2D eigenvalue weighted by molar-refractivity contribution is 7.90. The molecule has 2 atom stereocenters. The molecule has 0 bridgehead atoms. The highest BCUT2D eigenvalue weighted by atomic mass is 32.2. The topological polar surface area (TPSA) is 63.2 Å². The third-order valence-electron chi connectivity index (χ3n) is 2.97. The molecule has 2 rings (SSSR count). The van der Waals surface area contributed by atoms with Crippen LogP contribution in [0.3, 0.4) is 0 Å². The molecular weight excluding hydrogens is 214 g/mol. The molecule has 2 saturated carbocycles. The molecule has 0 saturated heterocycles. The predicted molar refractivity (Wildman–Crippen MR) is 56.5 cm³/mol. The largest absolute Gasteiger partial charge is 0.274 e. The average Bonchev–Trinajstić information content (AvgIpc) is 2.98. The summed E-state index contributed by atoms with van der Waals surface area (Å²) in [4.78, 5) is 11.5. The molecule has 84 valence electrons. The Morgan fingerprint density at radius 1 is 1.33 bits per heavy atom. The van der Waals surface area contributed by atoms with Crippen molar-refractivity contribution in [2.45, 2.75) is 31.4 Å². The third kappa shape index (κ3) is 2.22. The van der Waals surface area contributed by atoms with Gasteiger partial charge in [0.15, 0.2) is 0 Å². The van der Waals surface area contributed by atoms with Gasteiger partial charge in [0.1, 0.15) is 0 Å². The molecule has 2 fully saturated rings. The fourth-order valence-electron chi connectivity index (χ4n) is 1.71. The van der Waals surface area contributed by atoms with Gasteiger partial charge in [-0.2, -0.15) is 0 Å². The van der Waals surface area contributed by atoms with E-state index in [1.54, 1.807) is 0 Å². The van der Waals surface area contributed by atoms with Crippen molar-refractivity contribution in [1.29, 1.82) is 0 Å². The number of carbonyl (C=O) groups excluding carboxylic acids is 1. The maximum Gasteiger partial charge on any atom is 0.237 e. The molecule has 0 radical (unpaired) electrons. The molecule has 0 heterocycles. The molecule has 1 N–H and O–H groups in total. The van der Waals surface area contributed by atoms with E-state index in [1.165, 1.54) is 0 Å². The predicted octanol–water partition coefficient (Wildman–Crippen LogP) is 0.807. The van der Waals surface area contributed by atoms with Crippen LogP contribution in [0.2, 0.25) is 0 Å². The summed E-state index contributed by atoms with van der Waals surface area (Å²) >= 11 is 0. The number of carbonyl (C=O) groups is 1. The van der Waals surface area contributed by atoms with E-state index in [0.717, 1.165) is 12.0 Å². The van der Waals surface area contributed by atoms with Gasteiger partial charge in [-0.1, -0.05) is 12.2 Å². The van der Waals surface area contributed by atoms with E-state index < -0.39 is 10.0 Å². The first kappa shape index (κ1) is 10.7. The molecule has 0 spiro atoms. The van der Waals surface area contributed by atoms with Crippen LogP contribution in [0.15, 0.2) is 12.2 Å². The summed E-state index contributed by atoms with van der Waals surface area (Å²) in [5, 5.41) is -0.330. The van der Waals surface area contributed by atoms with E-state index in [0.29, 0.717) is 12.8 Å². The number of nitrogens with one attached hydrogen (secondary N) is 1. The van der Waals surface area contributed by atoms with Gasteiger partial charge < -0.3 is 0 Å². The number of hydrogen-bond donors (Lipinski definition) is 1. The second kappa shape index (κ2) is 3.33. The van der Waals surface area contributed by atoms with Gasteiger partial charge in [-0.3, -0.25) is 9.52 Å². The first-order chi connectivity index (χ1) is 6.92. The lowest BCUT2D eigenvalue weighted by Crippen LogP contribution is -2.34. The van der Waals surface area contributed by atoms with Gasteiger partial charge in [-0.05, 0) is 32.1 Å². The molecule has 4 nitrogen and oxygen atoms in total. The number of allylic oxidation sites excluding steroid dienone is 1. The number of rotatable bonds is 4. The third-order valence-corrected chi connectivity index (χ3v) is 4.80. The van der Waals surface area contributed by atoms with Crippen molar-refractivity contribution in [2.75, 3.05) is 0 Å². The van der Waals surface area contributed by atoms with Crippen LogP contribution in [-0.2, 0) is 14.8 Å². The fourth-order valence-corrected chi connectivity index (χ4v) is 3.06. The molecule has 0 aromatic heterocycles. The second-order valence-corrected chi connectivity index (χ2v) is 6.47. The van der Waals surface area contributed by atoms with Crippen molar-refractivity contribution in [3.63, 3.8) is 0 Å². The van der Waals surface area contributed by atoms with Gasteiger partial charge in [0, 0.05) is 5.92 Å². The molecule has 2 aliphatic rings. The number of hydrogen-bond acceptors (Lipinski definition) is 3. The molecule has 1 amide bonds. The van der Waals surface area contributed by atoms with E-state index in [-0.39, 0.29) is 23.0 Å². The lowest BCUT2D eigenvalue weighted by atomic mass is 10.2. The van der Waals surface area contributed by atoms with Crippen LogP contribution in [-0.4, -0.2) is 19.6 Å². The highest BCUT2D eigenvalue weighted by Gasteiger charge is 2.46. The Labute approximate surface area is 89.8 Å². The number of sulfonamides is 1. The Hall–Kier alpha value is -0.840. The Bertz CT molecular complexity index is 408. The van der Waals surface area contributed by atoms with Crippen molar-refractivity contribution in [2.24, 2.45) is 11.8 Å². The van der Waals surface area contributed by atoms with Crippen LogP contribution in [0.25, 0.3) is 0 Å². The average molecular weight is 229 g/mol. The van der Waals surface area contributed by atoms with Crippen LogP contribution in [0.1, 0.15) is 26.2 Å². The fraction of sp³-hybridized carbons (Fsp3) is 0.700. The molecular formula is C10H15NO3S. The quantitative estimate of drug-likeness (QED) is 0.725. The maximum atomic E-state index is 11.5. The maximum absolute atomic E-state index is 11.5. The zero-order valence-corrected chi connectivity index (χ0v) is 9.51. The van der Waals surface area contributed by atoms with Crippen molar-refractivity contribution in [3.8, 4) is 0 Å². The standard InChI is InChI=1S/C10H15NO3S/c1-6(2)8-5-9(8)10(12)11-15(13,14)7-3-4-7/h7-9H,1,3-5H2,2H3,(H,11,12). The minimum atomic E-state index is -3.37. The zero-order valence-electron chi connectivity index (χ0n) is 8.69. The first-order valence-electron chi connectivity index (χ1n) is 5.12. The van der Waals surface area contributed by atoms with E-state index in [4.69, 9.17) is 0 Å². The summed E-state index contributed by atoms with van der Waals surface area (Å²) in [7, 11) is -3.37. The molecule has 5 heteroatoms. The highest BCUT2D eigenvalue weighted by Crippen LogP contribution is 2.43. The lowest BCUT2D eigenvalue weighted by Gasteiger charge is -2.04. The molecule has 2 aliphatic carbocycles. The Balaban J connectivity index is 1.91. The summed E-state index contributed by atoms with van der Waals surface area (Å²) in [5.41, 5.74) is 0.957.